The van der Waals surface area contributed by atoms with Crippen molar-refractivity contribution in [1.82, 2.24) is 0 Å². The summed E-state index contributed by atoms with van der Waals surface area (Å²) in [6.07, 6.45) is 1.82. The number of halogens is 1. The number of hydrogen-bond donors (Lipinski definition) is 0. The molecule has 76 valence electrons. The molecule has 0 spiro atoms. The fraction of sp³-hybridized carbons (Fsp3) is 0.500. The van der Waals surface area contributed by atoms with Crippen molar-refractivity contribution < 1.29 is 14.3 Å². The van der Waals surface area contributed by atoms with Crippen molar-refractivity contribution in [3.8, 4) is 0 Å². The average molecular weight is 215 g/mol. The van der Waals surface area contributed by atoms with Crippen LogP contribution in [-0.4, -0.2) is 19.5 Å². The number of rotatable bonds is 1. The van der Waals surface area contributed by atoms with Gasteiger partial charge in [0.25, 0.3) is 0 Å². The summed E-state index contributed by atoms with van der Waals surface area (Å²) >= 11 is 6.04. The predicted octanol–water partition coefficient (Wildman–Crippen LogP) is 2.12. The maximum Gasteiger partial charge on any atom is 0.166 e. The molecule has 1 aliphatic carbocycles. The summed E-state index contributed by atoms with van der Waals surface area (Å²) in [5, 5.41) is 0.460. The maximum atomic E-state index is 11.5. The van der Waals surface area contributed by atoms with E-state index < -0.39 is 0 Å². The van der Waals surface area contributed by atoms with E-state index in [9.17, 15) is 4.79 Å². The predicted molar refractivity (Wildman–Crippen MR) is 51.7 cm³/mol. The van der Waals surface area contributed by atoms with Gasteiger partial charge >= 0.3 is 0 Å². The maximum absolute atomic E-state index is 11.5. The quantitative estimate of drug-likeness (QED) is 0.671. The third kappa shape index (κ3) is 1.42. The van der Waals surface area contributed by atoms with Gasteiger partial charge in [-0.05, 0) is 6.42 Å². The molecule has 2 rings (SSSR count). The van der Waals surface area contributed by atoms with Gasteiger partial charge in [-0.25, -0.2) is 0 Å². The zero-order valence-electron chi connectivity index (χ0n) is 7.93. The monoisotopic (exact) mass is 214 g/mol. The van der Waals surface area contributed by atoms with Crippen LogP contribution in [0.3, 0.4) is 0 Å². The molecule has 0 saturated carbocycles. The van der Waals surface area contributed by atoms with Crippen molar-refractivity contribution in [2.45, 2.75) is 19.3 Å². The molecule has 4 heteroatoms. The van der Waals surface area contributed by atoms with Gasteiger partial charge in [-0.1, -0.05) is 11.6 Å². The van der Waals surface area contributed by atoms with Crippen LogP contribution < -0.4 is 0 Å². The largest absolute Gasteiger partial charge is 0.499 e. The smallest absolute Gasteiger partial charge is 0.166 e. The molecule has 0 atom stereocenters. The van der Waals surface area contributed by atoms with Gasteiger partial charge in [-0.3, -0.25) is 4.79 Å². The molecule has 0 aromatic heterocycles. The van der Waals surface area contributed by atoms with Crippen LogP contribution in [0, 0.1) is 0 Å². The van der Waals surface area contributed by atoms with E-state index in [2.05, 4.69) is 0 Å². The van der Waals surface area contributed by atoms with Crippen molar-refractivity contribution in [3.63, 3.8) is 0 Å². The molecular formula is C10H11ClO3. The summed E-state index contributed by atoms with van der Waals surface area (Å²) in [4.78, 5) is 11.5. The second kappa shape index (κ2) is 3.65. The third-order valence-electron chi connectivity index (χ3n) is 2.48. The fourth-order valence-electron chi connectivity index (χ4n) is 1.73. The highest BCUT2D eigenvalue weighted by Gasteiger charge is 2.29. The first kappa shape index (κ1) is 9.59. The zero-order valence-corrected chi connectivity index (χ0v) is 8.69. The molecule has 0 fully saturated rings. The number of ether oxygens (including phenoxy) is 2. The summed E-state index contributed by atoms with van der Waals surface area (Å²) in [5.74, 6) is 1.39. The normalized spacial score (nSPS) is 22.0. The molecular weight excluding hydrogens is 204 g/mol. The molecule has 0 radical (unpaired) electrons. The molecule has 1 heterocycles. The topological polar surface area (TPSA) is 35.5 Å². The van der Waals surface area contributed by atoms with Gasteiger partial charge < -0.3 is 9.47 Å². The molecule has 3 nitrogen and oxygen atoms in total. The van der Waals surface area contributed by atoms with Crippen molar-refractivity contribution >= 4 is 17.4 Å². The Bertz CT molecular complexity index is 341. The number of ketones is 1. The summed E-state index contributed by atoms with van der Waals surface area (Å²) in [6, 6.07) is 0. The molecule has 0 amide bonds. The van der Waals surface area contributed by atoms with Gasteiger partial charge in [-0.15, -0.1) is 0 Å². The number of hydrogen-bond acceptors (Lipinski definition) is 3. The van der Waals surface area contributed by atoms with E-state index in [1.165, 1.54) is 0 Å². The third-order valence-corrected chi connectivity index (χ3v) is 2.86. The van der Waals surface area contributed by atoms with Gasteiger partial charge in [0.15, 0.2) is 5.78 Å². The molecule has 0 unspecified atom stereocenters. The number of allylic oxidation sites excluding steroid dienone is 3. The molecule has 0 aromatic carbocycles. The number of Topliss-reactive ketones (excluding diaryl/α,β-unsaturated/α-hetero) is 1. The summed E-state index contributed by atoms with van der Waals surface area (Å²) in [6.45, 7) is 0.422. The van der Waals surface area contributed by atoms with E-state index in [0.717, 1.165) is 5.57 Å². The Labute approximate surface area is 87.3 Å². The minimum Gasteiger partial charge on any atom is -0.499 e. The van der Waals surface area contributed by atoms with Gasteiger partial charge in [0.2, 0.25) is 0 Å². The van der Waals surface area contributed by atoms with Crippen molar-refractivity contribution in [1.29, 1.82) is 0 Å². The minimum atomic E-state index is 0.152. The first-order valence-electron chi connectivity index (χ1n) is 4.56. The van der Waals surface area contributed by atoms with E-state index in [-0.39, 0.29) is 5.78 Å². The molecule has 0 bridgehead atoms. The molecule has 1 aliphatic heterocycles. The lowest BCUT2D eigenvalue weighted by atomic mass is 9.95. The SMILES string of the molecule is COC1=C(Cl)C2=C(CC1)C(=O)CCO2. The Morgan fingerprint density at radius 3 is 2.86 bits per heavy atom. The van der Waals surface area contributed by atoms with E-state index in [4.69, 9.17) is 21.1 Å². The van der Waals surface area contributed by atoms with E-state index in [1.54, 1.807) is 7.11 Å². The number of carbonyl (C=O) groups excluding carboxylic acids is 1. The number of methoxy groups -OCH3 is 1. The van der Waals surface area contributed by atoms with Crippen LogP contribution in [0.25, 0.3) is 0 Å². The molecule has 0 saturated heterocycles. The van der Waals surface area contributed by atoms with E-state index >= 15 is 0 Å². The standard InChI is InChI=1S/C10H11ClO3/c1-13-8-3-2-6-7(12)4-5-14-10(6)9(8)11/h2-5H2,1H3. The lowest BCUT2D eigenvalue weighted by Gasteiger charge is -2.25. The Morgan fingerprint density at radius 2 is 2.14 bits per heavy atom. The van der Waals surface area contributed by atoms with E-state index in [0.29, 0.717) is 42.4 Å². The van der Waals surface area contributed by atoms with Crippen LogP contribution >= 0.6 is 11.6 Å². The van der Waals surface area contributed by atoms with Gasteiger partial charge in [0.1, 0.15) is 16.6 Å². The highest BCUT2D eigenvalue weighted by Crippen LogP contribution is 2.36. The van der Waals surface area contributed by atoms with Crippen molar-refractivity contribution in [3.05, 3.63) is 22.1 Å². The summed E-state index contributed by atoms with van der Waals surface area (Å²) in [7, 11) is 1.58. The first-order chi connectivity index (χ1) is 6.74. The van der Waals surface area contributed by atoms with Gasteiger partial charge in [-0.2, -0.15) is 0 Å². The second-order valence-electron chi connectivity index (χ2n) is 3.27. The molecule has 14 heavy (non-hydrogen) atoms. The fourth-order valence-corrected chi connectivity index (χ4v) is 2.07. The number of carbonyl (C=O) groups is 1. The Balaban J connectivity index is 2.42. The molecule has 0 aromatic rings. The summed E-state index contributed by atoms with van der Waals surface area (Å²) in [5.41, 5.74) is 0.724. The van der Waals surface area contributed by atoms with Crippen molar-refractivity contribution in [2.75, 3.05) is 13.7 Å². The Hall–Kier alpha value is -0.960. The zero-order chi connectivity index (χ0) is 10.1. The van der Waals surface area contributed by atoms with Crippen LogP contribution in [0.1, 0.15) is 19.3 Å². The van der Waals surface area contributed by atoms with Gasteiger partial charge in [0.05, 0.1) is 13.7 Å². The van der Waals surface area contributed by atoms with Crippen molar-refractivity contribution in [2.24, 2.45) is 0 Å². The highest BCUT2D eigenvalue weighted by molar-refractivity contribution is 6.32. The minimum absolute atomic E-state index is 0.152. The van der Waals surface area contributed by atoms with Crippen LogP contribution in [0.5, 0.6) is 0 Å². The second-order valence-corrected chi connectivity index (χ2v) is 3.65. The van der Waals surface area contributed by atoms with E-state index in [1.807, 2.05) is 0 Å². The lowest BCUT2D eigenvalue weighted by molar-refractivity contribution is -0.117. The molecule has 0 N–H and O–H groups in total. The highest BCUT2D eigenvalue weighted by atomic mass is 35.5. The first-order valence-corrected chi connectivity index (χ1v) is 4.94. The van der Waals surface area contributed by atoms with Crippen LogP contribution in [0.4, 0.5) is 0 Å². The molecule has 2 aliphatic rings. The van der Waals surface area contributed by atoms with Crippen LogP contribution in [0.15, 0.2) is 22.1 Å². The lowest BCUT2D eigenvalue weighted by Crippen LogP contribution is -2.20. The average Bonchev–Trinajstić information content (AvgIpc) is 2.20. The summed E-state index contributed by atoms with van der Waals surface area (Å²) < 4.78 is 10.5. The van der Waals surface area contributed by atoms with Crippen LogP contribution in [-0.2, 0) is 14.3 Å². The van der Waals surface area contributed by atoms with Gasteiger partial charge in [0, 0.05) is 18.4 Å². The Kier molecular flexibility index (Phi) is 2.50. The van der Waals surface area contributed by atoms with Crippen LogP contribution in [0.2, 0.25) is 0 Å². The Morgan fingerprint density at radius 1 is 1.36 bits per heavy atom.